The first-order chi connectivity index (χ1) is 10.1. The van der Waals surface area contributed by atoms with Crippen molar-refractivity contribution in [1.82, 2.24) is 0 Å². The Morgan fingerprint density at radius 2 is 2.05 bits per heavy atom. The summed E-state index contributed by atoms with van der Waals surface area (Å²) in [6, 6.07) is 7.13. The van der Waals surface area contributed by atoms with E-state index in [1.807, 2.05) is 0 Å². The number of hydrogen-bond donors (Lipinski definition) is 1. The SMILES string of the molecule is Cc1ccc2c(c1)CCCN2C1CC(C(C)C)CCC1O. The van der Waals surface area contributed by atoms with Crippen LogP contribution in [0.5, 0.6) is 0 Å². The molecule has 1 N–H and O–H groups in total. The second-order valence-corrected chi connectivity index (χ2v) is 7.38. The topological polar surface area (TPSA) is 23.5 Å². The lowest BCUT2D eigenvalue weighted by molar-refractivity contribution is 0.0706. The summed E-state index contributed by atoms with van der Waals surface area (Å²) in [6.07, 6.45) is 5.53. The number of rotatable bonds is 2. The fourth-order valence-corrected chi connectivity index (χ4v) is 4.20. The molecular formula is C19H29NO. The van der Waals surface area contributed by atoms with Crippen LogP contribution in [0.15, 0.2) is 18.2 Å². The van der Waals surface area contributed by atoms with Gasteiger partial charge in [-0.1, -0.05) is 31.5 Å². The van der Waals surface area contributed by atoms with Crippen molar-refractivity contribution in [2.75, 3.05) is 11.4 Å². The molecule has 3 unspecified atom stereocenters. The van der Waals surface area contributed by atoms with Gasteiger partial charge in [0.05, 0.1) is 12.1 Å². The summed E-state index contributed by atoms with van der Waals surface area (Å²) in [6.45, 7) is 7.92. The first-order valence-corrected chi connectivity index (χ1v) is 8.60. The van der Waals surface area contributed by atoms with Gasteiger partial charge in [-0.25, -0.2) is 0 Å². The Morgan fingerprint density at radius 1 is 1.24 bits per heavy atom. The fraction of sp³-hybridized carbons (Fsp3) is 0.684. The predicted octanol–water partition coefficient (Wildman–Crippen LogP) is 3.93. The molecule has 1 saturated carbocycles. The lowest BCUT2D eigenvalue weighted by atomic mass is 9.77. The summed E-state index contributed by atoms with van der Waals surface area (Å²) in [5.74, 6) is 1.48. The van der Waals surface area contributed by atoms with Crippen molar-refractivity contribution in [2.24, 2.45) is 11.8 Å². The summed E-state index contributed by atoms with van der Waals surface area (Å²) in [7, 11) is 0. The molecule has 1 aromatic carbocycles. The van der Waals surface area contributed by atoms with Crippen LogP contribution in [-0.4, -0.2) is 23.8 Å². The van der Waals surface area contributed by atoms with Crippen LogP contribution in [0.25, 0.3) is 0 Å². The molecular weight excluding hydrogens is 258 g/mol. The van der Waals surface area contributed by atoms with Gasteiger partial charge in [0, 0.05) is 12.2 Å². The number of benzene rings is 1. The van der Waals surface area contributed by atoms with E-state index >= 15 is 0 Å². The maximum Gasteiger partial charge on any atom is 0.0743 e. The molecule has 0 aromatic heterocycles. The maximum atomic E-state index is 10.6. The Labute approximate surface area is 129 Å². The maximum absolute atomic E-state index is 10.6. The third kappa shape index (κ3) is 2.96. The molecule has 2 nitrogen and oxygen atoms in total. The molecule has 1 aliphatic heterocycles. The van der Waals surface area contributed by atoms with Crippen molar-refractivity contribution in [3.63, 3.8) is 0 Å². The quantitative estimate of drug-likeness (QED) is 0.891. The number of nitrogens with zero attached hydrogens (tertiary/aromatic N) is 1. The van der Waals surface area contributed by atoms with Crippen LogP contribution in [0, 0.1) is 18.8 Å². The molecule has 1 fully saturated rings. The highest BCUT2D eigenvalue weighted by atomic mass is 16.3. The third-order valence-electron chi connectivity index (χ3n) is 5.55. The molecule has 3 atom stereocenters. The number of aliphatic hydroxyl groups excluding tert-OH is 1. The van der Waals surface area contributed by atoms with E-state index in [1.54, 1.807) is 0 Å². The Kier molecular flexibility index (Phi) is 4.26. The van der Waals surface area contributed by atoms with E-state index in [0.717, 1.165) is 31.2 Å². The summed E-state index contributed by atoms with van der Waals surface area (Å²) < 4.78 is 0. The van der Waals surface area contributed by atoms with Crippen molar-refractivity contribution < 1.29 is 5.11 Å². The van der Waals surface area contributed by atoms with Crippen molar-refractivity contribution in [1.29, 1.82) is 0 Å². The minimum Gasteiger partial charge on any atom is -0.391 e. The van der Waals surface area contributed by atoms with Crippen molar-refractivity contribution >= 4 is 5.69 Å². The lowest BCUT2D eigenvalue weighted by Crippen LogP contribution is -2.50. The van der Waals surface area contributed by atoms with E-state index in [1.165, 1.54) is 36.1 Å². The highest BCUT2D eigenvalue weighted by Crippen LogP contribution is 2.37. The molecule has 2 aliphatic rings. The largest absolute Gasteiger partial charge is 0.391 e. The van der Waals surface area contributed by atoms with Gasteiger partial charge < -0.3 is 10.0 Å². The third-order valence-corrected chi connectivity index (χ3v) is 5.55. The Morgan fingerprint density at radius 3 is 2.81 bits per heavy atom. The molecule has 21 heavy (non-hydrogen) atoms. The van der Waals surface area contributed by atoms with Crippen LogP contribution < -0.4 is 4.90 Å². The van der Waals surface area contributed by atoms with Gasteiger partial charge in [-0.05, 0) is 62.5 Å². The molecule has 1 heterocycles. The van der Waals surface area contributed by atoms with Crippen LogP contribution in [0.3, 0.4) is 0 Å². The Bertz CT molecular complexity index is 496. The second-order valence-electron chi connectivity index (χ2n) is 7.38. The number of hydrogen-bond acceptors (Lipinski definition) is 2. The van der Waals surface area contributed by atoms with E-state index < -0.39 is 0 Å². The van der Waals surface area contributed by atoms with Gasteiger partial charge in [0.25, 0.3) is 0 Å². The van der Waals surface area contributed by atoms with Gasteiger partial charge in [0.1, 0.15) is 0 Å². The minimum atomic E-state index is -0.160. The normalized spacial score (nSPS) is 29.6. The average Bonchev–Trinajstić information content (AvgIpc) is 2.46. The molecule has 0 radical (unpaired) electrons. The molecule has 1 aromatic rings. The van der Waals surface area contributed by atoms with E-state index in [0.29, 0.717) is 6.04 Å². The van der Waals surface area contributed by atoms with Crippen LogP contribution >= 0.6 is 0 Å². The van der Waals surface area contributed by atoms with E-state index in [2.05, 4.69) is 43.9 Å². The van der Waals surface area contributed by atoms with Gasteiger partial charge in [-0.3, -0.25) is 0 Å². The second kappa shape index (κ2) is 6.00. The molecule has 0 spiro atoms. The average molecular weight is 287 g/mol. The molecule has 3 rings (SSSR count). The standard InChI is InChI=1S/C19H29NO/c1-13(2)15-7-9-19(21)18(12-15)20-10-4-5-16-11-14(3)6-8-17(16)20/h6,8,11,13,15,18-19,21H,4-5,7,9-10,12H2,1-3H3. The van der Waals surface area contributed by atoms with Crippen molar-refractivity contribution in [3.05, 3.63) is 29.3 Å². The Balaban J connectivity index is 1.86. The smallest absolute Gasteiger partial charge is 0.0743 e. The van der Waals surface area contributed by atoms with Crippen LogP contribution in [0.4, 0.5) is 5.69 Å². The van der Waals surface area contributed by atoms with Crippen LogP contribution in [-0.2, 0) is 6.42 Å². The van der Waals surface area contributed by atoms with E-state index in [-0.39, 0.29) is 6.10 Å². The summed E-state index contributed by atoms with van der Waals surface area (Å²) in [5.41, 5.74) is 4.19. The summed E-state index contributed by atoms with van der Waals surface area (Å²) in [5, 5.41) is 10.6. The summed E-state index contributed by atoms with van der Waals surface area (Å²) in [4.78, 5) is 2.51. The minimum absolute atomic E-state index is 0.160. The van der Waals surface area contributed by atoms with Gasteiger partial charge >= 0.3 is 0 Å². The molecule has 1 aliphatic carbocycles. The first kappa shape index (κ1) is 14.9. The first-order valence-electron chi connectivity index (χ1n) is 8.60. The van der Waals surface area contributed by atoms with Crippen LogP contribution in [0.1, 0.15) is 50.7 Å². The molecule has 116 valence electrons. The van der Waals surface area contributed by atoms with Gasteiger partial charge in [-0.15, -0.1) is 0 Å². The summed E-state index contributed by atoms with van der Waals surface area (Å²) >= 11 is 0. The van der Waals surface area contributed by atoms with E-state index in [4.69, 9.17) is 0 Å². The zero-order valence-corrected chi connectivity index (χ0v) is 13.7. The van der Waals surface area contributed by atoms with Crippen molar-refractivity contribution in [2.45, 2.75) is 65.0 Å². The number of fused-ring (bicyclic) bond motifs is 1. The van der Waals surface area contributed by atoms with Gasteiger partial charge in [0.15, 0.2) is 0 Å². The zero-order chi connectivity index (χ0) is 15.0. The highest BCUT2D eigenvalue weighted by molar-refractivity contribution is 5.57. The fourth-order valence-electron chi connectivity index (χ4n) is 4.20. The van der Waals surface area contributed by atoms with Gasteiger partial charge in [-0.2, -0.15) is 0 Å². The molecule has 0 bridgehead atoms. The molecule has 0 saturated heterocycles. The molecule has 0 amide bonds. The van der Waals surface area contributed by atoms with Gasteiger partial charge in [0.2, 0.25) is 0 Å². The Hall–Kier alpha value is -1.02. The monoisotopic (exact) mass is 287 g/mol. The highest BCUT2D eigenvalue weighted by Gasteiger charge is 2.36. The molecule has 2 heteroatoms. The van der Waals surface area contributed by atoms with E-state index in [9.17, 15) is 5.11 Å². The number of aliphatic hydroxyl groups is 1. The number of anilines is 1. The zero-order valence-electron chi connectivity index (χ0n) is 13.7. The van der Waals surface area contributed by atoms with Crippen molar-refractivity contribution in [3.8, 4) is 0 Å². The lowest BCUT2D eigenvalue weighted by Gasteiger charge is -2.45. The van der Waals surface area contributed by atoms with Crippen LogP contribution in [0.2, 0.25) is 0 Å². The number of aryl methyl sites for hydroxylation is 2. The predicted molar refractivity (Wildman–Crippen MR) is 88.8 cm³/mol.